The van der Waals surface area contributed by atoms with Crippen molar-refractivity contribution in [2.45, 2.75) is 17.4 Å². The Hall–Kier alpha value is -1.90. The van der Waals surface area contributed by atoms with Crippen LogP contribution in [-0.4, -0.2) is 26.6 Å². The first-order valence-electron chi connectivity index (χ1n) is 6.32. The van der Waals surface area contributed by atoms with Crippen LogP contribution >= 0.6 is 11.3 Å². The number of carboxylic acids is 1. The highest BCUT2D eigenvalue weighted by atomic mass is 32.2. The van der Waals surface area contributed by atoms with Crippen LogP contribution in [0.4, 0.5) is 0 Å². The first-order valence-corrected chi connectivity index (χ1v) is 8.75. The van der Waals surface area contributed by atoms with E-state index in [2.05, 4.69) is 4.72 Å². The minimum atomic E-state index is -3.76. The molecule has 2 aromatic rings. The Labute approximate surface area is 132 Å². The average molecular weight is 341 g/mol. The number of nitrogens with one attached hydrogen (secondary N) is 1. The van der Waals surface area contributed by atoms with E-state index in [-0.39, 0.29) is 11.3 Å². The van der Waals surface area contributed by atoms with Gasteiger partial charge in [-0.25, -0.2) is 13.1 Å². The molecule has 2 rings (SSSR count). The lowest BCUT2D eigenvalue weighted by atomic mass is 10.0. The molecule has 0 amide bonds. The Bertz CT molecular complexity index is 723. The molecule has 6 nitrogen and oxygen atoms in total. The molecular formula is C14H15NO5S2. The van der Waals surface area contributed by atoms with E-state index in [1.807, 2.05) is 0 Å². The van der Waals surface area contributed by atoms with E-state index >= 15 is 0 Å². The van der Waals surface area contributed by atoms with Gasteiger partial charge in [0.25, 0.3) is 0 Å². The summed E-state index contributed by atoms with van der Waals surface area (Å²) in [5.41, 5.74) is 0.557. The minimum Gasteiger partial charge on any atom is -0.497 e. The van der Waals surface area contributed by atoms with E-state index < -0.39 is 22.0 Å². The van der Waals surface area contributed by atoms with Crippen molar-refractivity contribution < 1.29 is 23.1 Å². The maximum absolute atomic E-state index is 12.3. The third kappa shape index (κ3) is 4.06. The van der Waals surface area contributed by atoms with Crippen LogP contribution < -0.4 is 9.46 Å². The molecule has 1 aromatic heterocycles. The van der Waals surface area contributed by atoms with E-state index in [4.69, 9.17) is 9.84 Å². The molecular weight excluding hydrogens is 326 g/mol. The molecule has 0 saturated carbocycles. The minimum absolute atomic E-state index is 0.126. The molecule has 22 heavy (non-hydrogen) atoms. The highest BCUT2D eigenvalue weighted by Gasteiger charge is 2.23. The zero-order chi connectivity index (χ0) is 16.2. The van der Waals surface area contributed by atoms with Crippen molar-refractivity contribution in [2.75, 3.05) is 7.11 Å². The van der Waals surface area contributed by atoms with Crippen molar-refractivity contribution >= 4 is 27.3 Å². The number of sulfonamides is 1. The summed E-state index contributed by atoms with van der Waals surface area (Å²) in [6.07, 6.45) is -0.351. The van der Waals surface area contributed by atoms with Crippen LogP contribution in [-0.2, 0) is 14.8 Å². The van der Waals surface area contributed by atoms with Crippen LogP contribution in [0.25, 0.3) is 0 Å². The number of rotatable bonds is 7. The highest BCUT2D eigenvalue weighted by Crippen LogP contribution is 2.23. The predicted octanol–water partition coefficient (Wildman–Crippen LogP) is 2.25. The number of aliphatic carboxylic acids is 1. The smallest absolute Gasteiger partial charge is 0.305 e. The van der Waals surface area contributed by atoms with Gasteiger partial charge in [0, 0.05) is 5.38 Å². The van der Waals surface area contributed by atoms with E-state index in [0.29, 0.717) is 11.3 Å². The molecule has 1 atom stereocenters. The Balaban J connectivity index is 2.28. The number of hydrogen-bond acceptors (Lipinski definition) is 5. The monoisotopic (exact) mass is 341 g/mol. The quantitative estimate of drug-likeness (QED) is 0.806. The number of thiophene rings is 1. The van der Waals surface area contributed by atoms with Gasteiger partial charge in [-0.15, -0.1) is 0 Å². The summed E-state index contributed by atoms with van der Waals surface area (Å²) in [6, 6.07) is 7.21. The Morgan fingerprint density at radius 2 is 2.00 bits per heavy atom. The first kappa shape index (κ1) is 16.5. The maximum atomic E-state index is 12.3. The Morgan fingerprint density at radius 1 is 1.32 bits per heavy atom. The maximum Gasteiger partial charge on any atom is 0.305 e. The van der Waals surface area contributed by atoms with Gasteiger partial charge < -0.3 is 9.84 Å². The molecule has 0 radical (unpaired) electrons. The van der Waals surface area contributed by atoms with Crippen LogP contribution in [0.5, 0.6) is 5.75 Å². The average Bonchev–Trinajstić information content (AvgIpc) is 3.01. The van der Waals surface area contributed by atoms with E-state index in [0.717, 1.165) is 0 Å². The predicted molar refractivity (Wildman–Crippen MR) is 82.6 cm³/mol. The molecule has 1 aromatic carbocycles. The molecule has 0 saturated heterocycles. The van der Waals surface area contributed by atoms with Crippen molar-refractivity contribution in [1.82, 2.24) is 4.72 Å². The molecule has 1 unspecified atom stereocenters. The summed E-state index contributed by atoms with van der Waals surface area (Å²) in [4.78, 5) is 11.1. The molecule has 8 heteroatoms. The fourth-order valence-corrected chi connectivity index (χ4v) is 4.15. The zero-order valence-electron chi connectivity index (χ0n) is 11.7. The van der Waals surface area contributed by atoms with Gasteiger partial charge in [-0.1, -0.05) is 12.1 Å². The SMILES string of the molecule is COc1ccc(C(CC(=O)O)NS(=O)(=O)c2ccsc2)cc1. The van der Waals surface area contributed by atoms with Gasteiger partial charge in [-0.05, 0) is 29.1 Å². The molecule has 0 spiro atoms. The van der Waals surface area contributed by atoms with Crippen LogP contribution in [0.2, 0.25) is 0 Å². The van der Waals surface area contributed by atoms with Crippen LogP contribution in [0.1, 0.15) is 18.0 Å². The molecule has 0 aliphatic heterocycles. The fourth-order valence-electron chi connectivity index (χ4n) is 1.90. The molecule has 2 N–H and O–H groups in total. The largest absolute Gasteiger partial charge is 0.497 e. The third-order valence-electron chi connectivity index (χ3n) is 3.00. The zero-order valence-corrected chi connectivity index (χ0v) is 13.4. The highest BCUT2D eigenvalue weighted by molar-refractivity contribution is 7.89. The number of methoxy groups -OCH3 is 1. The lowest BCUT2D eigenvalue weighted by Crippen LogP contribution is -2.30. The summed E-state index contributed by atoms with van der Waals surface area (Å²) in [6.45, 7) is 0. The van der Waals surface area contributed by atoms with Gasteiger partial charge in [-0.2, -0.15) is 11.3 Å². The van der Waals surface area contributed by atoms with Gasteiger partial charge in [0.2, 0.25) is 10.0 Å². The van der Waals surface area contributed by atoms with Crippen LogP contribution in [0, 0.1) is 0 Å². The normalized spacial score (nSPS) is 12.8. The van der Waals surface area contributed by atoms with Crippen molar-refractivity contribution in [2.24, 2.45) is 0 Å². The van der Waals surface area contributed by atoms with Gasteiger partial charge in [-0.3, -0.25) is 4.79 Å². The van der Waals surface area contributed by atoms with Crippen LogP contribution in [0.3, 0.4) is 0 Å². The summed E-state index contributed by atoms with van der Waals surface area (Å²) >= 11 is 1.26. The Kier molecular flexibility index (Phi) is 5.17. The molecule has 1 heterocycles. The number of benzene rings is 1. The number of hydrogen-bond donors (Lipinski definition) is 2. The third-order valence-corrected chi connectivity index (χ3v) is 5.30. The lowest BCUT2D eigenvalue weighted by molar-refractivity contribution is -0.137. The topological polar surface area (TPSA) is 92.7 Å². The first-order chi connectivity index (χ1) is 10.4. The molecule has 0 aliphatic rings. The summed E-state index contributed by atoms with van der Waals surface area (Å²) < 4.78 is 32.0. The standard InChI is InChI=1S/C14H15NO5S2/c1-20-11-4-2-10(3-5-11)13(8-14(16)17)15-22(18,19)12-6-7-21-9-12/h2-7,9,13,15H,8H2,1H3,(H,16,17). The summed E-state index contributed by atoms with van der Waals surface area (Å²) in [7, 11) is -2.24. The van der Waals surface area contributed by atoms with E-state index in [9.17, 15) is 13.2 Å². The molecule has 0 fully saturated rings. The van der Waals surface area contributed by atoms with E-state index in [1.54, 1.807) is 29.6 Å². The number of carbonyl (C=O) groups is 1. The van der Waals surface area contributed by atoms with Crippen molar-refractivity contribution in [1.29, 1.82) is 0 Å². The van der Waals surface area contributed by atoms with Gasteiger partial charge in [0.15, 0.2) is 0 Å². The Morgan fingerprint density at radius 3 is 2.50 bits per heavy atom. The van der Waals surface area contributed by atoms with Crippen molar-refractivity contribution in [3.63, 3.8) is 0 Å². The van der Waals surface area contributed by atoms with Crippen molar-refractivity contribution in [3.05, 3.63) is 46.7 Å². The number of carboxylic acid groups (broad SMARTS) is 1. The molecule has 0 aliphatic carbocycles. The second-order valence-corrected chi connectivity index (χ2v) is 7.00. The van der Waals surface area contributed by atoms with Gasteiger partial charge >= 0.3 is 5.97 Å². The lowest BCUT2D eigenvalue weighted by Gasteiger charge is -2.17. The van der Waals surface area contributed by atoms with Crippen LogP contribution in [0.15, 0.2) is 46.0 Å². The molecule has 0 bridgehead atoms. The fraction of sp³-hybridized carbons (Fsp3) is 0.214. The van der Waals surface area contributed by atoms with Gasteiger partial charge in [0.1, 0.15) is 5.75 Å². The molecule has 118 valence electrons. The van der Waals surface area contributed by atoms with Gasteiger partial charge in [0.05, 0.1) is 24.5 Å². The second kappa shape index (κ2) is 6.91. The summed E-state index contributed by atoms with van der Waals surface area (Å²) in [5, 5.41) is 12.2. The van der Waals surface area contributed by atoms with E-state index in [1.165, 1.54) is 29.9 Å². The van der Waals surface area contributed by atoms with Crippen molar-refractivity contribution in [3.8, 4) is 5.75 Å². The number of ether oxygens (including phenoxy) is 1. The second-order valence-electron chi connectivity index (χ2n) is 4.50. The summed E-state index contributed by atoms with van der Waals surface area (Å²) in [5.74, 6) is -0.479.